The number of pyridine rings is 3. The van der Waals surface area contributed by atoms with Gasteiger partial charge >= 0.3 is 0 Å². The zero-order chi connectivity index (χ0) is 28.6. The van der Waals surface area contributed by atoms with Crippen molar-refractivity contribution < 1.29 is 4.42 Å². The SMILES string of the molecule is c1cncc(-c2ccc(-c3cccc4c3oc3c(-c5cc(-c6cccnc6)cc(-c6cccnc6)c5)cccc34)cc2)c1. The normalized spacial score (nSPS) is 11.3. The summed E-state index contributed by atoms with van der Waals surface area (Å²) in [5.74, 6) is 0. The second kappa shape index (κ2) is 10.5. The Morgan fingerprint density at radius 2 is 0.791 bits per heavy atom. The van der Waals surface area contributed by atoms with Gasteiger partial charge in [0.1, 0.15) is 11.2 Å². The van der Waals surface area contributed by atoms with Gasteiger partial charge in [0.2, 0.25) is 0 Å². The van der Waals surface area contributed by atoms with Crippen LogP contribution in [0, 0.1) is 0 Å². The van der Waals surface area contributed by atoms with E-state index >= 15 is 0 Å². The lowest BCUT2D eigenvalue weighted by atomic mass is 9.93. The standard InChI is InChI=1S/C39H25N3O/c1-9-34(27-15-13-26(14-16-27)28-6-3-17-40-23-28)38-36(11-1)37-12-2-10-35(39(37)43-38)33-21-31(29-7-4-18-41-24-29)20-32(22-33)30-8-5-19-42-25-30/h1-25H. The summed E-state index contributed by atoms with van der Waals surface area (Å²) in [4.78, 5) is 13.0. The van der Waals surface area contributed by atoms with Crippen molar-refractivity contribution in [3.8, 4) is 55.6 Å². The van der Waals surface area contributed by atoms with Crippen molar-refractivity contribution in [3.05, 3.63) is 152 Å². The number of aromatic nitrogens is 3. The molecule has 4 aromatic heterocycles. The molecule has 0 amide bonds. The van der Waals surface area contributed by atoms with Crippen LogP contribution in [0.25, 0.3) is 77.6 Å². The van der Waals surface area contributed by atoms with Crippen molar-refractivity contribution in [3.63, 3.8) is 0 Å². The van der Waals surface area contributed by atoms with Crippen molar-refractivity contribution in [2.45, 2.75) is 0 Å². The first-order valence-electron chi connectivity index (χ1n) is 14.2. The topological polar surface area (TPSA) is 51.8 Å². The zero-order valence-electron chi connectivity index (χ0n) is 23.2. The molecule has 0 aliphatic rings. The molecule has 0 fully saturated rings. The molecule has 4 aromatic carbocycles. The lowest BCUT2D eigenvalue weighted by Crippen LogP contribution is -1.87. The summed E-state index contributed by atoms with van der Waals surface area (Å²) < 4.78 is 6.79. The Labute approximate surface area is 249 Å². The van der Waals surface area contributed by atoms with Crippen molar-refractivity contribution in [1.29, 1.82) is 0 Å². The summed E-state index contributed by atoms with van der Waals surface area (Å²) in [7, 11) is 0. The Balaban J connectivity index is 1.29. The smallest absolute Gasteiger partial charge is 0.143 e. The first kappa shape index (κ1) is 24.9. The fourth-order valence-electron chi connectivity index (χ4n) is 5.83. The van der Waals surface area contributed by atoms with Crippen LogP contribution in [0.2, 0.25) is 0 Å². The Kier molecular flexibility index (Phi) is 6.08. The van der Waals surface area contributed by atoms with Gasteiger partial charge in [-0.05, 0) is 69.8 Å². The predicted molar refractivity (Wildman–Crippen MR) is 174 cm³/mol. The molecule has 0 saturated carbocycles. The summed E-state index contributed by atoms with van der Waals surface area (Å²) in [5.41, 5.74) is 12.6. The molecule has 0 aliphatic carbocycles. The first-order chi connectivity index (χ1) is 21.3. The van der Waals surface area contributed by atoms with Crippen LogP contribution in [0.1, 0.15) is 0 Å². The van der Waals surface area contributed by atoms with Gasteiger partial charge in [-0.2, -0.15) is 0 Å². The van der Waals surface area contributed by atoms with Crippen LogP contribution in [0.5, 0.6) is 0 Å². The second-order valence-corrected chi connectivity index (χ2v) is 10.6. The molecule has 0 N–H and O–H groups in total. The van der Waals surface area contributed by atoms with Gasteiger partial charge in [-0.25, -0.2) is 0 Å². The summed E-state index contributed by atoms with van der Waals surface area (Å²) in [6, 6.07) is 40.2. The molecule has 4 heterocycles. The van der Waals surface area contributed by atoms with E-state index in [2.05, 4.69) is 112 Å². The number of hydrogen-bond donors (Lipinski definition) is 0. The van der Waals surface area contributed by atoms with E-state index in [4.69, 9.17) is 4.42 Å². The summed E-state index contributed by atoms with van der Waals surface area (Å²) >= 11 is 0. The molecule has 0 bridgehead atoms. The maximum atomic E-state index is 6.79. The van der Waals surface area contributed by atoms with Gasteiger partial charge in [0, 0.05) is 70.2 Å². The number of furan rings is 1. The quantitative estimate of drug-likeness (QED) is 0.214. The van der Waals surface area contributed by atoms with Gasteiger partial charge in [0.25, 0.3) is 0 Å². The Morgan fingerprint density at radius 1 is 0.349 bits per heavy atom. The van der Waals surface area contributed by atoms with E-state index in [0.29, 0.717) is 0 Å². The van der Waals surface area contributed by atoms with Gasteiger partial charge in [0.15, 0.2) is 0 Å². The molecule has 0 atom stereocenters. The summed E-state index contributed by atoms with van der Waals surface area (Å²) in [5, 5.41) is 2.19. The number of benzene rings is 4. The van der Waals surface area contributed by atoms with Gasteiger partial charge in [0.05, 0.1) is 0 Å². The van der Waals surface area contributed by atoms with Crippen LogP contribution in [0.15, 0.2) is 157 Å². The maximum Gasteiger partial charge on any atom is 0.143 e. The molecule has 4 heteroatoms. The van der Waals surface area contributed by atoms with Gasteiger partial charge in [-0.3, -0.25) is 15.0 Å². The predicted octanol–water partition coefficient (Wildman–Crippen LogP) is 10.1. The average Bonchev–Trinajstić information content (AvgIpc) is 3.49. The van der Waals surface area contributed by atoms with Crippen molar-refractivity contribution >= 4 is 21.9 Å². The van der Waals surface area contributed by atoms with Gasteiger partial charge in [-0.15, -0.1) is 0 Å². The lowest BCUT2D eigenvalue weighted by Gasteiger charge is -2.11. The molecular weight excluding hydrogens is 526 g/mol. The number of rotatable bonds is 5. The fourth-order valence-corrected chi connectivity index (χ4v) is 5.83. The highest BCUT2D eigenvalue weighted by molar-refractivity contribution is 6.13. The highest BCUT2D eigenvalue weighted by atomic mass is 16.3. The van der Waals surface area contributed by atoms with Crippen LogP contribution < -0.4 is 0 Å². The summed E-state index contributed by atoms with van der Waals surface area (Å²) in [6.07, 6.45) is 11.1. The first-order valence-corrected chi connectivity index (χ1v) is 14.2. The van der Waals surface area contributed by atoms with E-state index in [-0.39, 0.29) is 0 Å². The fraction of sp³-hybridized carbons (Fsp3) is 0. The minimum absolute atomic E-state index is 0.873. The average molecular weight is 552 g/mol. The van der Waals surface area contributed by atoms with E-state index in [1.807, 2.05) is 36.8 Å². The number of para-hydroxylation sites is 2. The largest absolute Gasteiger partial charge is 0.455 e. The lowest BCUT2D eigenvalue weighted by molar-refractivity contribution is 0.671. The highest BCUT2D eigenvalue weighted by Gasteiger charge is 2.17. The van der Waals surface area contributed by atoms with Crippen LogP contribution in [0.3, 0.4) is 0 Å². The minimum atomic E-state index is 0.873. The van der Waals surface area contributed by atoms with Gasteiger partial charge in [-0.1, -0.05) is 78.9 Å². The molecular formula is C39H25N3O. The van der Waals surface area contributed by atoms with Crippen LogP contribution >= 0.6 is 0 Å². The van der Waals surface area contributed by atoms with Crippen molar-refractivity contribution in [2.24, 2.45) is 0 Å². The molecule has 0 unspecified atom stereocenters. The molecule has 0 aliphatic heterocycles. The summed E-state index contributed by atoms with van der Waals surface area (Å²) in [6.45, 7) is 0. The van der Waals surface area contributed by atoms with Gasteiger partial charge < -0.3 is 4.42 Å². The van der Waals surface area contributed by atoms with Crippen molar-refractivity contribution in [1.82, 2.24) is 15.0 Å². The van der Waals surface area contributed by atoms with Crippen LogP contribution in [-0.2, 0) is 0 Å². The number of fused-ring (bicyclic) bond motifs is 3. The highest BCUT2D eigenvalue weighted by Crippen LogP contribution is 2.41. The second-order valence-electron chi connectivity index (χ2n) is 10.6. The van der Waals surface area contributed by atoms with Crippen LogP contribution in [0.4, 0.5) is 0 Å². The van der Waals surface area contributed by atoms with Crippen LogP contribution in [-0.4, -0.2) is 15.0 Å². The van der Waals surface area contributed by atoms with E-state index < -0.39 is 0 Å². The maximum absolute atomic E-state index is 6.79. The molecule has 8 rings (SSSR count). The van der Waals surface area contributed by atoms with E-state index in [1.54, 1.807) is 18.6 Å². The molecule has 0 saturated heterocycles. The Morgan fingerprint density at radius 3 is 1.28 bits per heavy atom. The van der Waals surface area contributed by atoms with E-state index in [0.717, 1.165) is 77.6 Å². The molecule has 4 nitrogen and oxygen atoms in total. The Bertz CT molecular complexity index is 2150. The third-order valence-corrected chi connectivity index (χ3v) is 7.95. The Hall–Kier alpha value is -5.87. The molecule has 0 spiro atoms. The molecule has 8 aromatic rings. The number of hydrogen-bond acceptors (Lipinski definition) is 4. The minimum Gasteiger partial charge on any atom is -0.455 e. The number of nitrogens with zero attached hydrogens (tertiary/aromatic N) is 3. The third kappa shape index (κ3) is 4.55. The van der Waals surface area contributed by atoms with E-state index in [1.165, 1.54) is 0 Å². The van der Waals surface area contributed by atoms with E-state index in [9.17, 15) is 0 Å². The zero-order valence-corrected chi connectivity index (χ0v) is 23.2. The molecule has 0 radical (unpaired) electrons. The molecule has 202 valence electrons. The third-order valence-electron chi connectivity index (χ3n) is 7.95. The van der Waals surface area contributed by atoms with Crippen molar-refractivity contribution in [2.75, 3.05) is 0 Å². The molecule has 43 heavy (non-hydrogen) atoms. The monoisotopic (exact) mass is 551 g/mol.